The van der Waals surface area contributed by atoms with Crippen LogP contribution in [-0.4, -0.2) is 9.13 Å². The van der Waals surface area contributed by atoms with E-state index in [2.05, 4.69) is 12.6 Å². The van der Waals surface area contributed by atoms with Crippen LogP contribution in [0.15, 0.2) is 49.6 Å². The topological polar surface area (TPSA) is 9.86 Å². The fourth-order valence-electron chi connectivity index (χ4n) is 1.32. The number of rotatable bonds is 2. The predicted octanol–water partition coefficient (Wildman–Crippen LogP) is 2.42. The SMILES string of the molecule is C=C(c1[c-]cccc1)n1ccn(C)[cH+]1.[Ir]. The molecule has 2 nitrogen and oxygen atoms in total. The number of aromatic nitrogens is 2. The molecule has 3 heteroatoms. The minimum absolute atomic E-state index is 0. The maximum absolute atomic E-state index is 4.03. The summed E-state index contributed by atoms with van der Waals surface area (Å²) in [6, 6.07) is 11.0. The standard InChI is InChI=1S/C12H12N2.Ir/c1-11(12-6-4-3-5-7-12)14-9-8-13(2)10-14;/h3-6,8-10H,1H2,2H3;. The zero-order valence-corrected chi connectivity index (χ0v) is 10.9. The van der Waals surface area contributed by atoms with Crippen LogP contribution in [0.3, 0.4) is 0 Å². The third kappa shape index (κ3) is 2.64. The molecule has 2 aromatic rings. The van der Waals surface area contributed by atoms with Gasteiger partial charge in [-0.3, -0.25) is 4.57 Å². The number of aryl methyl sites for hydroxylation is 1. The molecule has 1 aromatic carbocycles. The second-order valence-corrected chi connectivity index (χ2v) is 3.21. The molecule has 0 bridgehead atoms. The van der Waals surface area contributed by atoms with Crippen LogP contribution in [0.1, 0.15) is 5.56 Å². The molecule has 0 aliphatic heterocycles. The van der Waals surface area contributed by atoms with Crippen molar-refractivity contribution >= 4 is 5.70 Å². The fraction of sp³-hybridized carbons (Fsp3) is 0.0833. The Morgan fingerprint density at radius 1 is 1.40 bits per heavy atom. The number of nitrogens with zero attached hydrogens (tertiary/aromatic N) is 2. The molecular formula is C12H12IrN2. The van der Waals surface area contributed by atoms with Crippen molar-refractivity contribution in [2.75, 3.05) is 0 Å². The van der Waals surface area contributed by atoms with Gasteiger partial charge in [-0.05, 0) is 12.1 Å². The van der Waals surface area contributed by atoms with Gasteiger partial charge in [-0.15, -0.1) is 30.3 Å². The fourth-order valence-corrected chi connectivity index (χ4v) is 1.32. The summed E-state index contributed by atoms with van der Waals surface area (Å²) in [5.41, 5.74) is 1.95. The molecule has 0 N–H and O–H groups in total. The molecule has 0 saturated heterocycles. The summed E-state index contributed by atoms with van der Waals surface area (Å²) in [7, 11) is 1.98. The quantitative estimate of drug-likeness (QED) is 0.713. The Hall–Kier alpha value is -1.18. The summed E-state index contributed by atoms with van der Waals surface area (Å²) in [6.07, 6.45) is 5.93. The molecule has 0 atom stereocenters. The van der Waals surface area contributed by atoms with Crippen LogP contribution in [-0.2, 0) is 27.2 Å². The van der Waals surface area contributed by atoms with Gasteiger partial charge in [0.25, 0.3) is 0 Å². The number of benzene rings is 1. The van der Waals surface area contributed by atoms with Gasteiger partial charge in [-0.25, -0.2) is 0 Å². The summed E-state index contributed by atoms with van der Waals surface area (Å²) in [4.78, 5) is 0. The van der Waals surface area contributed by atoms with Crippen molar-refractivity contribution in [3.05, 3.63) is 61.2 Å². The summed E-state index contributed by atoms with van der Waals surface area (Å²) < 4.78 is 3.96. The van der Waals surface area contributed by atoms with Crippen LogP contribution < -0.4 is 0 Å². The normalized spacial score (nSPS) is 9.40. The maximum Gasteiger partial charge on any atom is 0.166 e. The second kappa shape index (κ2) is 5.06. The van der Waals surface area contributed by atoms with E-state index in [0.717, 1.165) is 11.3 Å². The maximum atomic E-state index is 4.03. The minimum Gasteiger partial charge on any atom is -0.255 e. The Labute approximate surface area is 103 Å². The molecule has 2 rings (SSSR count). The van der Waals surface area contributed by atoms with Crippen molar-refractivity contribution in [3.8, 4) is 0 Å². The molecule has 1 heterocycles. The van der Waals surface area contributed by atoms with E-state index >= 15 is 0 Å². The number of hydrogen-bond acceptors (Lipinski definition) is 0. The van der Waals surface area contributed by atoms with Gasteiger partial charge >= 0.3 is 0 Å². The van der Waals surface area contributed by atoms with Crippen LogP contribution in [0.5, 0.6) is 0 Å². The molecule has 1 radical (unpaired) electrons. The predicted molar refractivity (Wildman–Crippen MR) is 57.5 cm³/mol. The van der Waals surface area contributed by atoms with Crippen LogP contribution in [0.4, 0.5) is 0 Å². The van der Waals surface area contributed by atoms with Crippen molar-refractivity contribution in [1.82, 2.24) is 9.13 Å². The van der Waals surface area contributed by atoms with Gasteiger partial charge in [-0.2, -0.15) is 4.57 Å². The van der Waals surface area contributed by atoms with E-state index in [1.54, 1.807) is 0 Å². The largest absolute Gasteiger partial charge is 0.255 e. The van der Waals surface area contributed by atoms with Gasteiger partial charge in [0.1, 0.15) is 18.1 Å². The van der Waals surface area contributed by atoms with Gasteiger partial charge in [0, 0.05) is 27.2 Å². The monoisotopic (exact) mass is 377 g/mol. The van der Waals surface area contributed by atoms with Gasteiger partial charge in [0.05, 0.1) is 0 Å². The molecule has 15 heavy (non-hydrogen) atoms. The van der Waals surface area contributed by atoms with Gasteiger partial charge in [0.15, 0.2) is 6.33 Å². The number of imidazole rings is 1. The van der Waals surface area contributed by atoms with E-state index in [9.17, 15) is 0 Å². The first-order valence-corrected chi connectivity index (χ1v) is 4.47. The molecule has 79 valence electrons. The van der Waals surface area contributed by atoms with Gasteiger partial charge < -0.3 is 0 Å². The molecule has 0 unspecified atom stereocenters. The minimum atomic E-state index is 0. The molecule has 0 amide bonds. The summed E-state index contributed by atoms with van der Waals surface area (Å²) >= 11 is 0. The first kappa shape index (κ1) is 11.9. The average Bonchev–Trinajstić information content (AvgIpc) is 2.65. The molecule has 0 spiro atoms. The summed E-state index contributed by atoms with van der Waals surface area (Å²) in [5, 5.41) is 0. The van der Waals surface area contributed by atoms with Crippen LogP contribution in [0.2, 0.25) is 0 Å². The average molecular weight is 376 g/mol. The molecule has 0 aliphatic rings. The van der Waals surface area contributed by atoms with E-state index < -0.39 is 0 Å². The summed E-state index contributed by atoms with van der Waals surface area (Å²) in [6.45, 7) is 4.03. The van der Waals surface area contributed by atoms with E-state index in [1.165, 1.54) is 0 Å². The van der Waals surface area contributed by atoms with Gasteiger partial charge in [0.2, 0.25) is 0 Å². The van der Waals surface area contributed by atoms with Gasteiger partial charge in [-0.1, -0.05) is 0 Å². The molecule has 1 aromatic heterocycles. The van der Waals surface area contributed by atoms with Crippen molar-refractivity contribution in [1.29, 1.82) is 0 Å². The van der Waals surface area contributed by atoms with Crippen LogP contribution in [0, 0.1) is 6.07 Å². The first-order valence-electron chi connectivity index (χ1n) is 4.47. The van der Waals surface area contributed by atoms with Crippen molar-refractivity contribution in [2.24, 2.45) is 7.05 Å². The molecule has 0 fully saturated rings. The Bertz CT molecular complexity index is 446. The van der Waals surface area contributed by atoms with Crippen molar-refractivity contribution in [3.63, 3.8) is 0 Å². The second-order valence-electron chi connectivity index (χ2n) is 3.21. The molecule has 0 saturated carbocycles. The zero-order chi connectivity index (χ0) is 9.97. The zero-order valence-electron chi connectivity index (χ0n) is 8.48. The first-order chi connectivity index (χ1) is 6.77. The molecular weight excluding hydrogens is 364 g/mol. The Morgan fingerprint density at radius 2 is 2.20 bits per heavy atom. The van der Waals surface area contributed by atoms with Crippen molar-refractivity contribution < 1.29 is 20.1 Å². The molecule has 0 aliphatic carbocycles. The van der Waals surface area contributed by atoms with E-state index in [1.807, 2.05) is 59.2 Å². The Morgan fingerprint density at radius 3 is 2.73 bits per heavy atom. The third-order valence-electron chi connectivity index (χ3n) is 2.10. The Balaban J connectivity index is 0.00000112. The van der Waals surface area contributed by atoms with Crippen molar-refractivity contribution in [2.45, 2.75) is 0 Å². The number of hydrogen-bond donors (Lipinski definition) is 0. The Kier molecular flexibility index (Phi) is 4.01. The van der Waals surface area contributed by atoms with Crippen LogP contribution >= 0.6 is 0 Å². The van der Waals surface area contributed by atoms with E-state index in [-0.39, 0.29) is 20.1 Å². The van der Waals surface area contributed by atoms with Crippen LogP contribution in [0.25, 0.3) is 5.70 Å². The third-order valence-corrected chi connectivity index (χ3v) is 2.10. The van der Waals surface area contributed by atoms with E-state index in [0.29, 0.717) is 0 Å². The smallest absolute Gasteiger partial charge is 0.166 e. The summed E-state index contributed by atoms with van der Waals surface area (Å²) in [5.74, 6) is 0. The van der Waals surface area contributed by atoms with E-state index in [4.69, 9.17) is 0 Å².